The lowest BCUT2D eigenvalue weighted by atomic mass is 10.1. The Morgan fingerprint density at radius 2 is 2.28 bits per heavy atom. The third kappa shape index (κ3) is 6.63. The highest BCUT2D eigenvalue weighted by Gasteiger charge is 2.23. The zero-order valence-electron chi connectivity index (χ0n) is 15.6. The maximum absolute atomic E-state index is 13.2. The monoisotopic (exact) mass is 350 g/mol. The van der Waals surface area contributed by atoms with Crippen LogP contribution < -0.4 is 10.6 Å². The Hall–Kier alpha value is -1.66. The van der Waals surface area contributed by atoms with Crippen LogP contribution in [0.4, 0.5) is 4.39 Å². The van der Waals surface area contributed by atoms with Crippen molar-refractivity contribution in [3.8, 4) is 0 Å². The fourth-order valence-electron chi connectivity index (χ4n) is 3.08. The van der Waals surface area contributed by atoms with Gasteiger partial charge in [-0.3, -0.25) is 9.89 Å². The number of aliphatic imine (C=N–C) groups is 1. The number of guanidine groups is 1. The highest BCUT2D eigenvalue weighted by atomic mass is 19.1. The Morgan fingerprint density at radius 3 is 3.00 bits per heavy atom. The van der Waals surface area contributed by atoms with Crippen LogP contribution in [0.3, 0.4) is 0 Å². The molecular formula is C19H31FN4O. The van der Waals surface area contributed by atoms with Crippen LogP contribution in [0.5, 0.6) is 0 Å². The van der Waals surface area contributed by atoms with Crippen LogP contribution in [0.25, 0.3) is 0 Å². The molecule has 5 nitrogen and oxygen atoms in total. The van der Waals surface area contributed by atoms with E-state index in [2.05, 4.69) is 36.3 Å². The van der Waals surface area contributed by atoms with Gasteiger partial charge in [0.15, 0.2) is 5.96 Å². The van der Waals surface area contributed by atoms with Gasteiger partial charge >= 0.3 is 0 Å². The molecule has 6 heteroatoms. The molecule has 0 radical (unpaired) electrons. The van der Waals surface area contributed by atoms with Crippen molar-refractivity contribution in [2.45, 2.75) is 39.3 Å². The SMILES string of the molecule is CCNC(=NCC(C)N1CCOCC1C)NCCc1cccc(F)c1. The van der Waals surface area contributed by atoms with Crippen LogP contribution in [0.2, 0.25) is 0 Å². The van der Waals surface area contributed by atoms with Crippen LogP contribution >= 0.6 is 0 Å². The number of ether oxygens (including phenoxy) is 1. The second kappa shape index (κ2) is 10.4. The highest BCUT2D eigenvalue weighted by molar-refractivity contribution is 5.79. The third-order valence-corrected chi connectivity index (χ3v) is 4.44. The normalized spacial score (nSPS) is 20.3. The van der Waals surface area contributed by atoms with Gasteiger partial charge in [0.1, 0.15) is 5.82 Å². The molecule has 0 aromatic heterocycles. The smallest absolute Gasteiger partial charge is 0.191 e. The number of nitrogens with zero attached hydrogens (tertiary/aromatic N) is 2. The summed E-state index contributed by atoms with van der Waals surface area (Å²) >= 11 is 0. The maximum Gasteiger partial charge on any atom is 0.191 e. The fourth-order valence-corrected chi connectivity index (χ4v) is 3.08. The van der Waals surface area contributed by atoms with E-state index in [-0.39, 0.29) is 5.82 Å². The van der Waals surface area contributed by atoms with Gasteiger partial charge in [-0.15, -0.1) is 0 Å². The first-order valence-corrected chi connectivity index (χ1v) is 9.20. The molecule has 2 rings (SSSR count). The number of rotatable bonds is 7. The minimum atomic E-state index is -0.188. The topological polar surface area (TPSA) is 48.9 Å². The molecule has 0 amide bonds. The molecule has 1 heterocycles. The lowest BCUT2D eigenvalue weighted by Crippen LogP contribution is -2.49. The average Bonchev–Trinajstić information content (AvgIpc) is 2.60. The molecule has 1 aliphatic rings. The molecular weight excluding hydrogens is 319 g/mol. The van der Waals surface area contributed by atoms with Gasteiger partial charge in [-0.1, -0.05) is 12.1 Å². The molecule has 2 atom stereocenters. The molecule has 1 aliphatic heterocycles. The molecule has 1 saturated heterocycles. The minimum Gasteiger partial charge on any atom is -0.379 e. The summed E-state index contributed by atoms with van der Waals surface area (Å²) in [5, 5.41) is 6.60. The van der Waals surface area contributed by atoms with Crippen molar-refractivity contribution in [2.24, 2.45) is 4.99 Å². The van der Waals surface area contributed by atoms with Gasteiger partial charge in [0.05, 0.1) is 19.8 Å². The van der Waals surface area contributed by atoms with Crippen molar-refractivity contribution in [1.29, 1.82) is 0 Å². The van der Waals surface area contributed by atoms with Gasteiger partial charge in [0, 0.05) is 31.7 Å². The Bertz CT molecular complexity index is 552. The van der Waals surface area contributed by atoms with Crippen LogP contribution in [0.15, 0.2) is 29.3 Å². The summed E-state index contributed by atoms with van der Waals surface area (Å²) < 4.78 is 18.7. The summed E-state index contributed by atoms with van der Waals surface area (Å²) in [5.41, 5.74) is 0.985. The van der Waals surface area contributed by atoms with Crippen molar-refractivity contribution >= 4 is 5.96 Å². The zero-order valence-corrected chi connectivity index (χ0v) is 15.6. The summed E-state index contributed by atoms with van der Waals surface area (Å²) in [6.07, 6.45) is 0.762. The van der Waals surface area contributed by atoms with Gasteiger partial charge in [0.2, 0.25) is 0 Å². The van der Waals surface area contributed by atoms with Gasteiger partial charge in [0.25, 0.3) is 0 Å². The zero-order chi connectivity index (χ0) is 18.1. The maximum atomic E-state index is 13.2. The Kier molecular flexibility index (Phi) is 8.15. The van der Waals surface area contributed by atoms with E-state index in [1.54, 1.807) is 12.1 Å². The second-order valence-corrected chi connectivity index (χ2v) is 6.54. The first-order valence-electron chi connectivity index (χ1n) is 9.20. The number of nitrogens with one attached hydrogen (secondary N) is 2. The van der Waals surface area contributed by atoms with Gasteiger partial charge in [-0.25, -0.2) is 4.39 Å². The van der Waals surface area contributed by atoms with E-state index in [0.717, 1.165) is 57.3 Å². The quantitative estimate of drug-likeness (QED) is 0.584. The number of benzene rings is 1. The molecule has 2 N–H and O–H groups in total. The standard InChI is InChI=1S/C19H31FN4O/c1-4-21-19(22-9-8-17-6-5-7-18(20)12-17)23-13-15(2)24-10-11-25-14-16(24)3/h5-7,12,15-16H,4,8-11,13-14H2,1-3H3,(H2,21,22,23). The van der Waals surface area contributed by atoms with Crippen LogP contribution in [-0.2, 0) is 11.2 Å². The average molecular weight is 350 g/mol. The first kappa shape index (κ1) is 19.7. The summed E-state index contributed by atoms with van der Waals surface area (Å²) in [6, 6.07) is 7.54. The van der Waals surface area contributed by atoms with Gasteiger partial charge in [-0.05, 0) is 44.9 Å². The second-order valence-electron chi connectivity index (χ2n) is 6.54. The van der Waals surface area contributed by atoms with Crippen molar-refractivity contribution in [2.75, 3.05) is 39.4 Å². The van der Waals surface area contributed by atoms with Crippen molar-refractivity contribution in [1.82, 2.24) is 15.5 Å². The Morgan fingerprint density at radius 1 is 1.44 bits per heavy atom. The highest BCUT2D eigenvalue weighted by Crippen LogP contribution is 2.10. The van der Waals surface area contributed by atoms with E-state index < -0.39 is 0 Å². The van der Waals surface area contributed by atoms with Crippen LogP contribution in [0, 0.1) is 5.82 Å². The van der Waals surface area contributed by atoms with Crippen molar-refractivity contribution in [3.63, 3.8) is 0 Å². The number of halogens is 1. The van der Waals surface area contributed by atoms with E-state index in [4.69, 9.17) is 9.73 Å². The Labute approximate surface area is 150 Å². The molecule has 0 aliphatic carbocycles. The van der Waals surface area contributed by atoms with E-state index in [1.165, 1.54) is 6.07 Å². The summed E-state index contributed by atoms with van der Waals surface area (Å²) in [7, 11) is 0. The molecule has 140 valence electrons. The number of morpholine rings is 1. The lowest BCUT2D eigenvalue weighted by Gasteiger charge is -2.37. The largest absolute Gasteiger partial charge is 0.379 e. The lowest BCUT2D eigenvalue weighted by molar-refractivity contribution is -0.0165. The molecule has 0 spiro atoms. The van der Waals surface area contributed by atoms with Crippen molar-refractivity contribution < 1.29 is 9.13 Å². The fraction of sp³-hybridized carbons (Fsp3) is 0.632. The molecule has 2 unspecified atom stereocenters. The van der Waals surface area contributed by atoms with E-state index in [0.29, 0.717) is 12.1 Å². The summed E-state index contributed by atoms with van der Waals surface area (Å²) in [6.45, 7) is 11.3. The number of hydrogen-bond donors (Lipinski definition) is 2. The minimum absolute atomic E-state index is 0.188. The predicted molar refractivity (Wildman–Crippen MR) is 101 cm³/mol. The Balaban J connectivity index is 1.82. The predicted octanol–water partition coefficient (Wildman–Crippen LogP) is 2.03. The molecule has 1 fully saturated rings. The van der Waals surface area contributed by atoms with Crippen LogP contribution in [-0.4, -0.2) is 62.3 Å². The molecule has 1 aromatic carbocycles. The third-order valence-electron chi connectivity index (χ3n) is 4.44. The van der Waals surface area contributed by atoms with Crippen molar-refractivity contribution in [3.05, 3.63) is 35.6 Å². The van der Waals surface area contributed by atoms with E-state index in [1.807, 2.05) is 6.07 Å². The summed E-state index contributed by atoms with van der Waals surface area (Å²) in [4.78, 5) is 7.16. The van der Waals surface area contributed by atoms with Crippen LogP contribution in [0.1, 0.15) is 26.3 Å². The molecule has 0 bridgehead atoms. The molecule has 0 saturated carbocycles. The first-order chi connectivity index (χ1) is 12.1. The van der Waals surface area contributed by atoms with Gasteiger partial charge < -0.3 is 15.4 Å². The molecule has 1 aromatic rings. The van der Waals surface area contributed by atoms with E-state index in [9.17, 15) is 4.39 Å². The number of hydrogen-bond acceptors (Lipinski definition) is 3. The van der Waals surface area contributed by atoms with Gasteiger partial charge in [-0.2, -0.15) is 0 Å². The molecule has 25 heavy (non-hydrogen) atoms. The van der Waals surface area contributed by atoms with E-state index >= 15 is 0 Å². The summed E-state index contributed by atoms with van der Waals surface area (Å²) in [5.74, 6) is 0.623.